The van der Waals surface area contributed by atoms with Gasteiger partial charge >= 0.3 is 5.97 Å². The maximum atomic E-state index is 11.3. The summed E-state index contributed by atoms with van der Waals surface area (Å²) in [7, 11) is 0. The first-order chi connectivity index (χ1) is 13.0. The van der Waals surface area contributed by atoms with E-state index < -0.39 is 5.97 Å². The van der Waals surface area contributed by atoms with Crippen LogP contribution in [0.1, 0.15) is 49.0 Å². The van der Waals surface area contributed by atoms with Crippen LogP contribution in [0.3, 0.4) is 0 Å². The van der Waals surface area contributed by atoms with E-state index in [4.69, 9.17) is 4.98 Å². The van der Waals surface area contributed by atoms with Crippen molar-refractivity contribution in [2.75, 3.05) is 5.32 Å². The van der Waals surface area contributed by atoms with Gasteiger partial charge in [-0.15, -0.1) is 0 Å². The summed E-state index contributed by atoms with van der Waals surface area (Å²) in [6.45, 7) is 1.48. The first-order valence-electron chi connectivity index (χ1n) is 9.16. The largest absolute Gasteiger partial charge is 0.478 e. The van der Waals surface area contributed by atoms with Crippen molar-refractivity contribution >= 4 is 28.6 Å². The lowest BCUT2D eigenvalue weighted by Gasteiger charge is -2.16. The fourth-order valence-corrected chi connectivity index (χ4v) is 3.87. The SMILES string of the molecule is CC(=O)Nc1ccc(-c2nc3cc(C(=O)O)ccc3n2C2CCCC2)cc1. The number of nitrogens with one attached hydrogen (secondary N) is 1. The van der Waals surface area contributed by atoms with Crippen molar-refractivity contribution in [1.82, 2.24) is 9.55 Å². The lowest BCUT2D eigenvalue weighted by Crippen LogP contribution is -2.07. The third-order valence-corrected chi connectivity index (χ3v) is 5.09. The number of fused-ring (bicyclic) bond motifs is 1. The number of hydrogen-bond acceptors (Lipinski definition) is 3. The van der Waals surface area contributed by atoms with Gasteiger partial charge in [0.2, 0.25) is 5.91 Å². The molecule has 138 valence electrons. The zero-order valence-corrected chi connectivity index (χ0v) is 15.1. The highest BCUT2D eigenvalue weighted by atomic mass is 16.4. The van der Waals surface area contributed by atoms with Crippen molar-refractivity contribution in [2.24, 2.45) is 0 Å². The molecule has 1 aliphatic carbocycles. The standard InChI is InChI=1S/C21H21N3O3/c1-13(25)22-16-9-6-14(7-10-16)20-23-18-12-15(21(26)27)8-11-19(18)24(20)17-4-2-3-5-17/h6-12,17H,2-5H2,1H3,(H,22,25)(H,26,27). The van der Waals surface area contributed by atoms with Crippen molar-refractivity contribution < 1.29 is 14.7 Å². The number of carboxylic acids is 1. The van der Waals surface area contributed by atoms with Gasteiger partial charge in [-0.05, 0) is 55.3 Å². The lowest BCUT2D eigenvalue weighted by molar-refractivity contribution is -0.114. The number of carbonyl (C=O) groups is 2. The summed E-state index contributed by atoms with van der Waals surface area (Å²) in [5.41, 5.74) is 3.59. The molecular formula is C21H21N3O3. The predicted molar refractivity (Wildman–Crippen MR) is 104 cm³/mol. The van der Waals surface area contributed by atoms with Crippen LogP contribution in [0.4, 0.5) is 5.69 Å². The summed E-state index contributed by atoms with van der Waals surface area (Å²) in [6, 6.07) is 13.1. The number of anilines is 1. The Morgan fingerprint density at radius 2 is 1.81 bits per heavy atom. The first kappa shape index (κ1) is 17.3. The molecule has 0 bridgehead atoms. The summed E-state index contributed by atoms with van der Waals surface area (Å²) in [5, 5.41) is 12.1. The Morgan fingerprint density at radius 3 is 2.44 bits per heavy atom. The van der Waals surface area contributed by atoms with Crippen LogP contribution < -0.4 is 5.32 Å². The maximum absolute atomic E-state index is 11.3. The van der Waals surface area contributed by atoms with Crippen LogP contribution in [0, 0.1) is 0 Å². The van der Waals surface area contributed by atoms with Crippen molar-refractivity contribution in [3.05, 3.63) is 48.0 Å². The summed E-state index contributed by atoms with van der Waals surface area (Å²) in [6.07, 6.45) is 4.59. The van der Waals surface area contributed by atoms with E-state index in [0.717, 1.165) is 35.4 Å². The lowest BCUT2D eigenvalue weighted by atomic mass is 10.1. The summed E-state index contributed by atoms with van der Waals surface area (Å²) in [5.74, 6) is -0.218. The minimum absolute atomic E-state index is 0.109. The van der Waals surface area contributed by atoms with Crippen LogP contribution >= 0.6 is 0 Å². The Kier molecular flexibility index (Phi) is 4.39. The second-order valence-corrected chi connectivity index (χ2v) is 7.01. The van der Waals surface area contributed by atoms with Crippen molar-refractivity contribution in [1.29, 1.82) is 0 Å². The van der Waals surface area contributed by atoms with E-state index in [1.54, 1.807) is 12.1 Å². The quantitative estimate of drug-likeness (QED) is 0.716. The highest BCUT2D eigenvalue weighted by Gasteiger charge is 2.24. The van der Waals surface area contributed by atoms with E-state index in [2.05, 4.69) is 9.88 Å². The smallest absolute Gasteiger partial charge is 0.335 e. The van der Waals surface area contributed by atoms with Gasteiger partial charge in [0.15, 0.2) is 0 Å². The van der Waals surface area contributed by atoms with E-state index in [-0.39, 0.29) is 11.5 Å². The number of carbonyl (C=O) groups excluding carboxylic acids is 1. The van der Waals surface area contributed by atoms with Crippen molar-refractivity contribution in [2.45, 2.75) is 38.6 Å². The Labute approximate surface area is 156 Å². The summed E-state index contributed by atoms with van der Waals surface area (Å²) >= 11 is 0. The molecule has 1 saturated carbocycles. The summed E-state index contributed by atoms with van der Waals surface area (Å²) < 4.78 is 2.25. The Hall–Kier alpha value is -3.15. The molecule has 1 aromatic heterocycles. The summed E-state index contributed by atoms with van der Waals surface area (Å²) in [4.78, 5) is 27.3. The number of benzene rings is 2. The van der Waals surface area contributed by atoms with E-state index in [0.29, 0.717) is 11.6 Å². The van der Waals surface area contributed by atoms with Gasteiger partial charge < -0.3 is 15.0 Å². The molecule has 0 aliphatic heterocycles. The zero-order chi connectivity index (χ0) is 19.0. The molecule has 1 aliphatic rings. The normalized spacial score (nSPS) is 14.6. The van der Waals surface area contributed by atoms with Crippen LogP contribution in [0.15, 0.2) is 42.5 Å². The van der Waals surface area contributed by atoms with Gasteiger partial charge in [0.25, 0.3) is 0 Å². The molecule has 27 heavy (non-hydrogen) atoms. The molecule has 6 heteroatoms. The molecular weight excluding hydrogens is 342 g/mol. The van der Waals surface area contributed by atoms with E-state index in [1.807, 2.05) is 30.3 Å². The number of imidazole rings is 1. The number of rotatable bonds is 4. The second kappa shape index (κ2) is 6.87. The first-order valence-corrected chi connectivity index (χ1v) is 9.16. The molecule has 0 unspecified atom stereocenters. The van der Waals surface area contributed by atoms with E-state index in [1.165, 1.54) is 19.8 Å². The second-order valence-electron chi connectivity index (χ2n) is 7.01. The molecule has 3 aromatic rings. The fourth-order valence-electron chi connectivity index (χ4n) is 3.87. The molecule has 0 saturated heterocycles. The third kappa shape index (κ3) is 3.30. The fraction of sp³-hybridized carbons (Fsp3) is 0.286. The highest BCUT2D eigenvalue weighted by Crippen LogP contribution is 2.37. The highest BCUT2D eigenvalue weighted by molar-refractivity contribution is 5.93. The molecule has 0 radical (unpaired) electrons. The zero-order valence-electron chi connectivity index (χ0n) is 15.1. The molecule has 1 amide bonds. The number of hydrogen-bond donors (Lipinski definition) is 2. The molecule has 4 rings (SSSR count). The van der Waals surface area contributed by atoms with Gasteiger partial charge in [-0.25, -0.2) is 9.78 Å². The molecule has 2 N–H and O–H groups in total. The van der Waals surface area contributed by atoms with Crippen LogP contribution in [0.5, 0.6) is 0 Å². The molecule has 0 spiro atoms. The number of amides is 1. The average Bonchev–Trinajstić information content (AvgIpc) is 3.28. The van der Waals surface area contributed by atoms with E-state index >= 15 is 0 Å². The van der Waals surface area contributed by atoms with Crippen molar-refractivity contribution in [3.63, 3.8) is 0 Å². The topological polar surface area (TPSA) is 84.2 Å². The van der Waals surface area contributed by atoms with Crippen LogP contribution in [-0.4, -0.2) is 26.5 Å². The molecule has 1 fully saturated rings. The Morgan fingerprint density at radius 1 is 1.11 bits per heavy atom. The number of aromatic nitrogens is 2. The maximum Gasteiger partial charge on any atom is 0.335 e. The van der Waals surface area contributed by atoms with Gasteiger partial charge in [0.1, 0.15) is 5.82 Å². The van der Waals surface area contributed by atoms with Gasteiger partial charge in [-0.1, -0.05) is 12.8 Å². The Balaban J connectivity index is 1.83. The van der Waals surface area contributed by atoms with Gasteiger partial charge in [0.05, 0.1) is 16.6 Å². The molecule has 0 atom stereocenters. The predicted octanol–water partition coefficient (Wildman–Crippen LogP) is 4.48. The monoisotopic (exact) mass is 363 g/mol. The van der Waals surface area contributed by atoms with Gasteiger partial charge in [-0.2, -0.15) is 0 Å². The Bertz CT molecular complexity index is 1020. The van der Waals surface area contributed by atoms with Crippen molar-refractivity contribution in [3.8, 4) is 11.4 Å². The van der Waals surface area contributed by atoms with E-state index in [9.17, 15) is 14.7 Å². The van der Waals surface area contributed by atoms with Crippen LogP contribution in [0.25, 0.3) is 22.4 Å². The number of aromatic carboxylic acids is 1. The van der Waals surface area contributed by atoms with Gasteiger partial charge in [-0.3, -0.25) is 4.79 Å². The molecule has 6 nitrogen and oxygen atoms in total. The average molecular weight is 363 g/mol. The van der Waals surface area contributed by atoms with Gasteiger partial charge in [0, 0.05) is 24.2 Å². The van der Waals surface area contributed by atoms with Crippen LogP contribution in [-0.2, 0) is 4.79 Å². The number of nitrogens with zero attached hydrogens (tertiary/aromatic N) is 2. The minimum Gasteiger partial charge on any atom is -0.478 e. The van der Waals surface area contributed by atoms with Crippen LogP contribution in [0.2, 0.25) is 0 Å². The molecule has 1 heterocycles. The molecule has 2 aromatic carbocycles. The third-order valence-electron chi connectivity index (χ3n) is 5.09. The number of carboxylic acid groups (broad SMARTS) is 1. The minimum atomic E-state index is -0.950.